The van der Waals surface area contributed by atoms with Crippen molar-refractivity contribution in [1.29, 1.82) is 0 Å². The Morgan fingerprint density at radius 3 is 2.26 bits per heavy atom. The summed E-state index contributed by atoms with van der Waals surface area (Å²) in [6, 6.07) is 29.9. The van der Waals surface area contributed by atoms with E-state index in [0.717, 1.165) is 42.3 Å². The number of amides is 1. The maximum absolute atomic E-state index is 13.6. The Balaban J connectivity index is 1.38. The standard InChI is InChI=1S/C28H28N4O2/c1-34-25-14-8-11-23(19-25)26-20-27(32(29-26)24-12-6-3-7-13-24)28(33)31-17-15-30(16-18-31)21-22-9-4-2-5-10-22/h2-14,19-20H,15-18,21H2,1H3. The predicted octanol–water partition coefficient (Wildman–Crippen LogP) is 4.51. The van der Waals surface area contributed by atoms with E-state index in [1.54, 1.807) is 11.8 Å². The van der Waals surface area contributed by atoms with E-state index in [1.807, 2.05) is 71.6 Å². The highest BCUT2D eigenvalue weighted by molar-refractivity contribution is 5.94. The SMILES string of the molecule is COc1cccc(-c2cc(C(=O)N3CCN(Cc4ccccc4)CC3)n(-c3ccccc3)n2)c1. The maximum Gasteiger partial charge on any atom is 0.272 e. The molecule has 1 aromatic heterocycles. The van der Waals surface area contributed by atoms with Crippen LogP contribution in [0.1, 0.15) is 16.1 Å². The van der Waals surface area contributed by atoms with Crippen molar-refractivity contribution in [2.45, 2.75) is 6.54 Å². The number of piperazine rings is 1. The molecule has 2 heterocycles. The van der Waals surface area contributed by atoms with Gasteiger partial charge in [0.2, 0.25) is 0 Å². The van der Waals surface area contributed by atoms with Crippen LogP contribution in [0.3, 0.4) is 0 Å². The van der Waals surface area contributed by atoms with Crippen molar-refractivity contribution in [3.63, 3.8) is 0 Å². The fraction of sp³-hybridized carbons (Fsp3) is 0.214. The van der Waals surface area contributed by atoms with Crippen LogP contribution in [0.15, 0.2) is 91.0 Å². The van der Waals surface area contributed by atoms with Crippen molar-refractivity contribution in [3.8, 4) is 22.7 Å². The highest BCUT2D eigenvalue weighted by Crippen LogP contribution is 2.26. The lowest BCUT2D eigenvalue weighted by Gasteiger charge is -2.34. The Bertz CT molecular complexity index is 1250. The number of nitrogens with zero attached hydrogens (tertiary/aromatic N) is 4. The van der Waals surface area contributed by atoms with Gasteiger partial charge in [-0.3, -0.25) is 9.69 Å². The normalized spacial score (nSPS) is 14.2. The molecule has 3 aromatic carbocycles. The van der Waals surface area contributed by atoms with E-state index in [9.17, 15) is 4.79 Å². The Morgan fingerprint density at radius 1 is 0.853 bits per heavy atom. The molecule has 0 saturated carbocycles. The highest BCUT2D eigenvalue weighted by Gasteiger charge is 2.26. The first-order valence-corrected chi connectivity index (χ1v) is 11.6. The van der Waals surface area contributed by atoms with Gasteiger partial charge in [-0.1, -0.05) is 60.7 Å². The number of carbonyl (C=O) groups is 1. The van der Waals surface area contributed by atoms with Gasteiger partial charge in [0.1, 0.15) is 11.4 Å². The van der Waals surface area contributed by atoms with Crippen LogP contribution in [-0.4, -0.2) is 58.8 Å². The summed E-state index contributed by atoms with van der Waals surface area (Å²) in [5, 5.41) is 4.82. The number of methoxy groups -OCH3 is 1. The van der Waals surface area contributed by atoms with Gasteiger partial charge in [-0.2, -0.15) is 5.10 Å². The number of hydrogen-bond donors (Lipinski definition) is 0. The Hall–Kier alpha value is -3.90. The molecule has 1 fully saturated rings. The highest BCUT2D eigenvalue weighted by atomic mass is 16.5. The van der Waals surface area contributed by atoms with E-state index in [2.05, 4.69) is 29.2 Å². The second-order valence-electron chi connectivity index (χ2n) is 8.45. The van der Waals surface area contributed by atoms with E-state index in [0.29, 0.717) is 18.8 Å². The minimum absolute atomic E-state index is 0.00450. The number of aromatic nitrogens is 2. The number of hydrogen-bond acceptors (Lipinski definition) is 4. The molecule has 0 atom stereocenters. The summed E-state index contributed by atoms with van der Waals surface area (Å²) >= 11 is 0. The smallest absolute Gasteiger partial charge is 0.272 e. The summed E-state index contributed by atoms with van der Waals surface area (Å²) < 4.78 is 7.14. The van der Waals surface area contributed by atoms with Crippen molar-refractivity contribution in [2.75, 3.05) is 33.3 Å². The molecule has 1 aliphatic rings. The predicted molar refractivity (Wildman–Crippen MR) is 133 cm³/mol. The van der Waals surface area contributed by atoms with Crippen LogP contribution in [0.2, 0.25) is 0 Å². The number of carbonyl (C=O) groups excluding carboxylic acids is 1. The first-order valence-electron chi connectivity index (χ1n) is 11.6. The van der Waals surface area contributed by atoms with Crippen LogP contribution in [-0.2, 0) is 6.54 Å². The maximum atomic E-state index is 13.6. The quantitative estimate of drug-likeness (QED) is 0.432. The van der Waals surface area contributed by atoms with Crippen LogP contribution in [0, 0.1) is 0 Å². The molecular weight excluding hydrogens is 424 g/mol. The molecule has 0 radical (unpaired) electrons. The summed E-state index contributed by atoms with van der Waals surface area (Å²) in [6.45, 7) is 4.00. The van der Waals surface area contributed by atoms with Gasteiger partial charge in [-0.25, -0.2) is 4.68 Å². The molecule has 6 heteroatoms. The second kappa shape index (κ2) is 9.93. The summed E-state index contributed by atoms with van der Waals surface area (Å²) in [5.74, 6) is 0.763. The summed E-state index contributed by atoms with van der Waals surface area (Å²) in [4.78, 5) is 18.0. The fourth-order valence-corrected chi connectivity index (χ4v) is 4.34. The Labute approximate surface area is 200 Å². The van der Waals surface area contributed by atoms with E-state index < -0.39 is 0 Å². The molecule has 6 nitrogen and oxygen atoms in total. The average Bonchev–Trinajstić information content (AvgIpc) is 3.36. The fourth-order valence-electron chi connectivity index (χ4n) is 4.34. The van der Waals surface area contributed by atoms with Crippen LogP contribution in [0.5, 0.6) is 5.75 Å². The zero-order valence-corrected chi connectivity index (χ0v) is 19.3. The van der Waals surface area contributed by atoms with Crippen LogP contribution >= 0.6 is 0 Å². The van der Waals surface area contributed by atoms with Gasteiger partial charge in [0, 0.05) is 38.3 Å². The molecule has 0 bridgehead atoms. The first kappa shape index (κ1) is 21.9. The molecule has 1 saturated heterocycles. The number of para-hydroxylation sites is 1. The van der Waals surface area contributed by atoms with Gasteiger partial charge in [0.25, 0.3) is 5.91 Å². The molecule has 0 N–H and O–H groups in total. The van der Waals surface area contributed by atoms with Crippen LogP contribution < -0.4 is 4.74 Å². The first-order chi connectivity index (χ1) is 16.7. The molecule has 0 unspecified atom stereocenters. The summed E-state index contributed by atoms with van der Waals surface area (Å²) in [7, 11) is 1.65. The Kier molecular flexibility index (Phi) is 6.40. The lowest BCUT2D eigenvalue weighted by Crippen LogP contribution is -2.48. The third kappa shape index (κ3) is 4.72. The largest absolute Gasteiger partial charge is 0.497 e. The molecule has 4 aromatic rings. The molecule has 0 spiro atoms. The van der Waals surface area contributed by atoms with Gasteiger partial charge < -0.3 is 9.64 Å². The van der Waals surface area contributed by atoms with Crippen LogP contribution in [0.4, 0.5) is 0 Å². The topological polar surface area (TPSA) is 50.6 Å². The Morgan fingerprint density at radius 2 is 1.56 bits per heavy atom. The van der Waals surface area contributed by atoms with Crippen molar-refractivity contribution in [1.82, 2.24) is 19.6 Å². The van der Waals surface area contributed by atoms with Gasteiger partial charge in [0.15, 0.2) is 0 Å². The van der Waals surface area contributed by atoms with E-state index in [1.165, 1.54) is 5.56 Å². The number of ether oxygens (including phenoxy) is 1. The lowest BCUT2D eigenvalue weighted by molar-refractivity contribution is 0.0619. The van der Waals surface area contributed by atoms with E-state index in [-0.39, 0.29) is 5.91 Å². The molecule has 172 valence electrons. The van der Waals surface area contributed by atoms with Gasteiger partial charge in [-0.05, 0) is 35.9 Å². The van der Waals surface area contributed by atoms with E-state index in [4.69, 9.17) is 9.84 Å². The monoisotopic (exact) mass is 452 g/mol. The molecule has 5 rings (SSSR count). The van der Waals surface area contributed by atoms with Crippen molar-refractivity contribution in [3.05, 3.63) is 102 Å². The molecule has 1 aliphatic heterocycles. The second-order valence-corrected chi connectivity index (χ2v) is 8.45. The van der Waals surface area contributed by atoms with Crippen molar-refractivity contribution >= 4 is 5.91 Å². The van der Waals surface area contributed by atoms with Crippen molar-refractivity contribution in [2.24, 2.45) is 0 Å². The third-order valence-electron chi connectivity index (χ3n) is 6.20. The number of benzene rings is 3. The lowest BCUT2D eigenvalue weighted by atomic mass is 10.1. The van der Waals surface area contributed by atoms with Crippen LogP contribution in [0.25, 0.3) is 16.9 Å². The average molecular weight is 453 g/mol. The van der Waals surface area contributed by atoms with Gasteiger partial charge in [0.05, 0.1) is 18.5 Å². The minimum Gasteiger partial charge on any atom is -0.497 e. The van der Waals surface area contributed by atoms with Crippen molar-refractivity contribution < 1.29 is 9.53 Å². The molecule has 1 amide bonds. The number of rotatable bonds is 6. The molecule has 34 heavy (non-hydrogen) atoms. The third-order valence-corrected chi connectivity index (χ3v) is 6.20. The zero-order chi connectivity index (χ0) is 23.3. The minimum atomic E-state index is 0.00450. The zero-order valence-electron chi connectivity index (χ0n) is 19.3. The van der Waals surface area contributed by atoms with Gasteiger partial charge in [-0.15, -0.1) is 0 Å². The van der Waals surface area contributed by atoms with E-state index >= 15 is 0 Å². The van der Waals surface area contributed by atoms with Gasteiger partial charge >= 0.3 is 0 Å². The molecular formula is C28H28N4O2. The summed E-state index contributed by atoms with van der Waals surface area (Å²) in [5.41, 5.74) is 4.39. The summed E-state index contributed by atoms with van der Waals surface area (Å²) in [6.07, 6.45) is 0. The molecule has 0 aliphatic carbocycles.